The van der Waals surface area contributed by atoms with Crippen LogP contribution in [0.1, 0.15) is 107 Å². The van der Waals surface area contributed by atoms with Gasteiger partial charge in [0.05, 0.1) is 5.92 Å². The van der Waals surface area contributed by atoms with E-state index in [1.54, 1.807) is 0 Å². The molecular weight excluding hydrogens is 468 g/mol. The third-order valence-corrected chi connectivity index (χ3v) is 12.4. The lowest BCUT2D eigenvalue weighted by Crippen LogP contribution is -2.70. The van der Waals surface area contributed by atoms with E-state index in [0.29, 0.717) is 30.1 Å². The van der Waals surface area contributed by atoms with E-state index in [9.17, 15) is 19.2 Å². The van der Waals surface area contributed by atoms with Crippen molar-refractivity contribution >= 4 is 24.0 Å². The van der Waals surface area contributed by atoms with E-state index in [0.717, 1.165) is 32.0 Å². The summed E-state index contributed by atoms with van der Waals surface area (Å²) in [7, 11) is 0. The first-order valence-corrected chi connectivity index (χ1v) is 14.5. The number of carbonyl (C=O) groups is 4. The Bertz CT molecular complexity index is 959. The van der Waals surface area contributed by atoms with E-state index in [1.165, 1.54) is 33.6 Å². The van der Waals surface area contributed by atoms with E-state index in [4.69, 9.17) is 9.47 Å². The Morgan fingerprint density at radius 1 is 0.838 bits per heavy atom. The van der Waals surface area contributed by atoms with Crippen molar-refractivity contribution in [1.29, 1.82) is 0 Å². The molecule has 6 nitrogen and oxygen atoms in total. The second kappa shape index (κ2) is 9.48. The largest absolute Gasteiger partial charge is 0.462 e. The molecular formula is C31H48O6. The third-order valence-electron chi connectivity index (χ3n) is 12.4. The van der Waals surface area contributed by atoms with Crippen LogP contribution >= 0.6 is 0 Å². The highest BCUT2D eigenvalue weighted by Gasteiger charge is 2.71. The molecule has 0 radical (unpaired) electrons. The van der Waals surface area contributed by atoms with Crippen molar-refractivity contribution in [3.05, 3.63) is 0 Å². The van der Waals surface area contributed by atoms with Crippen molar-refractivity contribution in [2.75, 3.05) is 0 Å². The molecule has 5 unspecified atom stereocenters. The van der Waals surface area contributed by atoms with Crippen molar-refractivity contribution in [3.63, 3.8) is 0 Å². The van der Waals surface area contributed by atoms with Crippen LogP contribution in [-0.2, 0) is 28.7 Å². The quantitative estimate of drug-likeness (QED) is 0.332. The van der Waals surface area contributed by atoms with Gasteiger partial charge in [0.15, 0.2) is 0 Å². The second-order valence-corrected chi connectivity index (χ2v) is 14.0. The van der Waals surface area contributed by atoms with E-state index >= 15 is 0 Å². The highest BCUT2D eigenvalue weighted by molar-refractivity contribution is 5.83. The lowest BCUT2D eigenvalue weighted by molar-refractivity contribution is -0.263. The van der Waals surface area contributed by atoms with Gasteiger partial charge in [-0.25, -0.2) is 0 Å². The monoisotopic (exact) mass is 516 g/mol. The Kier molecular flexibility index (Phi) is 7.25. The summed E-state index contributed by atoms with van der Waals surface area (Å²) in [6, 6.07) is 0. The fraction of sp³-hybridized carbons (Fsp3) is 0.871. The van der Waals surface area contributed by atoms with Gasteiger partial charge in [0, 0.05) is 25.2 Å². The minimum Gasteiger partial charge on any atom is -0.462 e. The van der Waals surface area contributed by atoms with Gasteiger partial charge in [-0.2, -0.15) is 0 Å². The van der Waals surface area contributed by atoms with Crippen molar-refractivity contribution in [2.24, 2.45) is 51.2 Å². The van der Waals surface area contributed by atoms with E-state index in [1.807, 2.05) is 0 Å². The molecule has 11 atom stereocenters. The SMILES string of the molecule is CCC1(C)CCC[C@@]2(C)C1CC[C@]1(C)C2C[C@H](OC(C)=O)[C@]2(C)C(C=O)[C@H](C(C)=O)[C@H](OC(C)=O)CC12. The summed E-state index contributed by atoms with van der Waals surface area (Å²) in [5, 5.41) is 0. The standard InChI is InChI=1S/C31H48O6/c1-9-28(5)12-10-13-29(6)23(28)11-14-30(7)24(29)16-26(37-20(4)35)31(8)21(17-32)27(18(2)33)22(15-25(30)31)36-19(3)34/h17,21-27H,9-16H2,1-8H3/t21?,22-,23?,24?,25?,26+,27+,28?,29+,30-,31-/m1/s1. The Hall–Kier alpha value is -1.72. The molecule has 4 fully saturated rings. The Labute approximate surface area is 223 Å². The Balaban J connectivity index is 1.88. The average Bonchev–Trinajstić information content (AvgIpc) is 2.79. The topological polar surface area (TPSA) is 86.7 Å². The number of Topliss-reactive ketones (excluding diaryl/α,β-unsaturated/α-hetero) is 1. The number of fused-ring (bicyclic) bond motifs is 5. The molecule has 0 aromatic carbocycles. The average molecular weight is 517 g/mol. The van der Waals surface area contributed by atoms with Crippen molar-refractivity contribution in [3.8, 4) is 0 Å². The zero-order valence-corrected chi connectivity index (χ0v) is 24.2. The van der Waals surface area contributed by atoms with Gasteiger partial charge in [-0.05, 0) is 79.4 Å². The highest BCUT2D eigenvalue weighted by Crippen LogP contribution is 2.74. The van der Waals surface area contributed by atoms with Gasteiger partial charge in [-0.15, -0.1) is 0 Å². The van der Waals surface area contributed by atoms with Gasteiger partial charge in [0.2, 0.25) is 0 Å². The van der Waals surface area contributed by atoms with Crippen LogP contribution in [0.3, 0.4) is 0 Å². The summed E-state index contributed by atoms with van der Waals surface area (Å²) < 4.78 is 11.9. The number of ether oxygens (including phenoxy) is 2. The van der Waals surface area contributed by atoms with Crippen molar-refractivity contribution in [1.82, 2.24) is 0 Å². The normalized spacial score (nSPS) is 49.0. The molecule has 0 spiro atoms. The molecule has 0 bridgehead atoms. The minimum atomic E-state index is -0.731. The third kappa shape index (κ3) is 4.11. The van der Waals surface area contributed by atoms with Crippen LogP contribution in [0.15, 0.2) is 0 Å². The summed E-state index contributed by atoms with van der Waals surface area (Å²) in [4.78, 5) is 50.4. The molecule has 0 heterocycles. The summed E-state index contributed by atoms with van der Waals surface area (Å²) in [5.74, 6) is -1.46. The molecule has 0 amide bonds. The summed E-state index contributed by atoms with van der Waals surface area (Å²) in [5.41, 5.74) is -0.438. The number of esters is 2. The molecule has 0 aromatic heterocycles. The number of aldehydes is 1. The Morgan fingerprint density at radius 2 is 1.46 bits per heavy atom. The zero-order chi connectivity index (χ0) is 27.6. The molecule has 4 rings (SSSR count). The molecule has 4 aliphatic rings. The predicted molar refractivity (Wildman–Crippen MR) is 140 cm³/mol. The van der Waals surface area contributed by atoms with Crippen LogP contribution in [0.2, 0.25) is 0 Å². The number of hydrogen-bond donors (Lipinski definition) is 0. The van der Waals surface area contributed by atoms with Crippen molar-refractivity contribution < 1.29 is 28.7 Å². The van der Waals surface area contributed by atoms with Crippen LogP contribution in [0.4, 0.5) is 0 Å². The smallest absolute Gasteiger partial charge is 0.302 e. The van der Waals surface area contributed by atoms with Crippen LogP contribution in [-0.4, -0.2) is 36.2 Å². The molecule has 37 heavy (non-hydrogen) atoms. The number of rotatable bonds is 5. The van der Waals surface area contributed by atoms with Crippen LogP contribution < -0.4 is 0 Å². The fourth-order valence-electron chi connectivity index (χ4n) is 10.7. The molecule has 0 aliphatic heterocycles. The molecule has 208 valence electrons. The maximum absolute atomic E-state index is 13.0. The summed E-state index contributed by atoms with van der Waals surface area (Å²) in [6.45, 7) is 16.0. The van der Waals surface area contributed by atoms with Crippen LogP contribution in [0, 0.1) is 51.2 Å². The number of ketones is 1. The molecule has 0 saturated heterocycles. The van der Waals surface area contributed by atoms with Crippen LogP contribution in [0.5, 0.6) is 0 Å². The maximum Gasteiger partial charge on any atom is 0.302 e. The Morgan fingerprint density at radius 3 is 2.00 bits per heavy atom. The van der Waals surface area contributed by atoms with Gasteiger partial charge >= 0.3 is 11.9 Å². The van der Waals surface area contributed by atoms with E-state index in [2.05, 4.69) is 34.6 Å². The molecule has 0 N–H and O–H groups in total. The van der Waals surface area contributed by atoms with Gasteiger partial charge in [0.25, 0.3) is 0 Å². The fourth-order valence-corrected chi connectivity index (χ4v) is 10.7. The van der Waals surface area contributed by atoms with Gasteiger partial charge < -0.3 is 14.3 Å². The molecule has 6 heteroatoms. The highest BCUT2D eigenvalue weighted by atomic mass is 16.5. The first-order valence-electron chi connectivity index (χ1n) is 14.5. The van der Waals surface area contributed by atoms with Crippen molar-refractivity contribution in [2.45, 2.75) is 119 Å². The van der Waals surface area contributed by atoms with Gasteiger partial charge in [0.1, 0.15) is 24.3 Å². The number of carbonyl (C=O) groups excluding carboxylic acids is 4. The molecule has 0 aromatic rings. The maximum atomic E-state index is 13.0. The van der Waals surface area contributed by atoms with Gasteiger partial charge in [-0.3, -0.25) is 14.4 Å². The first-order chi connectivity index (χ1) is 17.2. The summed E-state index contributed by atoms with van der Waals surface area (Å²) in [6.07, 6.45) is 7.94. The zero-order valence-electron chi connectivity index (χ0n) is 24.2. The first kappa shape index (κ1) is 28.3. The predicted octanol–water partition coefficient (Wildman–Crippen LogP) is 5.94. The lowest BCUT2D eigenvalue weighted by atomic mass is 9.33. The van der Waals surface area contributed by atoms with Gasteiger partial charge in [-0.1, -0.05) is 47.5 Å². The summed E-state index contributed by atoms with van der Waals surface area (Å²) >= 11 is 0. The van der Waals surface area contributed by atoms with Crippen LogP contribution in [0.25, 0.3) is 0 Å². The van der Waals surface area contributed by atoms with E-state index < -0.39 is 35.4 Å². The second-order valence-electron chi connectivity index (χ2n) is 14.0. The minimum absolute atomic E-state index is 0.0224. The lowest BCUT2D eigenvalue weighted by Gasteiger charge is -2.71. The molecule has 4 aliphatic carbocycles. The molecule has 4 saturated carbocycles. The van der Waals surface area contributed by atoms with E-state index in [-0.39, 0.29) is 28.5 Å². The number of hydrogen-bond acceptors (Lipinski definition) is 6.